The smallest absolute Gasteiger partial charge is 0.272 e. The maximum Gasteiger partial charge on any atom is 0.272 e. The number of amides is 1. The molecule has 1 N–H and O–H groups in total. The van der Waals surface area contributed by atoms with Crippen molar-refractivity contribution in [1.82, 2.24) is 9.88 Å². The van der Waals surface area contributed by atoms with Crippen LogP contribution >= 0.6 is 0 Å². The van der Waals surface area contributed by atoms with Gasteiger partial charge < -0.3 is 10.2 Å². The second kappa shape index (κ2) is 6.95. The normalized spacial score (nSPS) is 17.6. The lowest BCUT2D eigenvalue weighted by Crippen LogP contribution is -2.39. The number of halogens is 2. The summed E-state index contributed by atoms with van der Waals surface area (Å²) in [6, 6.07) is 6.58. The van der Waals surface area contributed by atoms with Crippen LogP contribution in [-0.4, -0.2) is 28.9 Å². The van der Waals surface area contributed by atoms with Gasteiger partial charge in [0.05, 0.1) is 17.6 Å². The molecule has 1 amide bonds. The Morgan fingerprint density at radius 3 is 2.79 bits per heavy atom. The van der Waals surface area contributed by atoms with Crippen molar-refractivity contribution in [1.29, 1.82) is 0 Å². The molecule has 1 aliphatic heterocycles. The van der Waals surface area contributed by atoms with Crippen LogP contribution in [0.2, 0.25) is 0 Å². The molecular weight excluding hydrogens is 312 g/mol. The molecule has 1 aromatic carbocycles. The molecule has 0 spiro atoms. The van der Waals surface area contributed by atoms with E-state index in [9.17, 15) is 13.6 Å². The van der Waals surface area contributed by atoms with Crippen molar-refractivity contribution in [2.45, 2.75) is 19.8 Å². The van der Waals surface area contributed by atoms with Gasteiger partial charge in [0.25, 0.3) is 5.91 Å². The van der Waals surface area contributed by atoms with Gasteiger partial charge in [0.15, 0.2) is 0 Å². The van der Waals surface area contributed by atoms with Crippen LogP contribution < -0.4 is 5.32 Å². The molecule has 1 aromatic heterocycles. The predicted molar refractivity (Wildman–Crippen MR) is 88.2 cm³/mol. The third-order valence-electron chi connectivity index (χ3n) is 4.14. The SMILES string of the molecule is CC1CCCN(C(=O)c2ccc(Nc3ccc(F)cc3F)cn2)C1. The number of carbonyl (C=O) groups excluding carboxylic acids is 1. The molecular formula is C18H19F2N3O. The van der Waals surface area contributed by atoms with Crippen LogP contribution in [0.15, 0.2) is 36.5 Å². The lowest BCUT2D eigenvalue weighted by atomic mass is 10.00. The zero-order valence-electron chi connectivity index (χ0n) is 13.4. The van der Waals surface area contributed by atoms with Gasteiger partial charge in [0.1, 0.15) is 17.3 Å². The summed E-state index contributed by atoms with van der Waals surface area (Å²) in [4.78, 5) is 18.4. The predicted octanol–water partition coefficient (Wildman–Crippen LogP) is 3.98. The number of piperidine rings is 1. The lowest BCUT2D eigenvalue weighted by Gasteiger charge is -2.30. The number of nitrogens with zero attached hydrogens (tertiary/aromatic N) is 2. The number of carbonyl (C=O) groups is 1. The molecule has 1 aliphatic rings. The van der Waals surface area contributed by atoms with Crippen LogP contribution in [0.25, 0.3) is 0 Å². The average Bonchev–Trinajstić information content (AvgIpc) is 2.57. The van der Waals surface area contributed by atoms with Crippen molar-refractivity contribution in [2.75, 3.05) is 18.4 Å². The molecule has 6 heteroatoms. The maximum atomic E-state index is 13.6. The molecule has 0 radical (unpaired) electrons. The molecule has 126 valence electrons. The van der Waals surface area contributed by atoms with Gasteiger partial charge in [-0.2, -0.15) is 0 Å². The zero-order valence-corrected chi connectivity index (χ0v) is 13.4. The summed E-state index contributed by atoms with van der Waals surface area (Å²) in [7, 11) is 0. The van der Waals surface area contributed by atoms with E-state index in [-0.39, 0.29) is 11.6 Å². The molecule has 1 fully saturated rings. The maximum absolute atomic E-state index is 13.6. The van der Waals surface area contributed by atoms with E-state index in [0.717, 1.165) is 32.0 Å². The monoisotopic (exact) mass is 331 g/mol. The lowest BCUT2D eigenvalue weighted by molar-refractivity contribution is 0.0677. The van der Waals surface area contributed by atoms with Crippen LogP contribution in [-0.2, 0) is 0 Å². The highest BCUT2D eigenvalue weighted by Crippen LogP contribution is 2.21. The van der Waals surface area contributed by atoms with Crippen molar-refractivity contribution >= 4 is 17.3 Å². The summed E-state index contributed by atoms with van der Waals surface area (Å²) in [5.41, 5.74) is 1.06. The number of benzene rings is 1. The van der Waals surface area contributed by atoms with Gasteiger partial charge in [0.2, 0.25) is 0 Å². The summed E-state index contributed by atoms with van der Waals surface area (Å²) < 4.78 is 26.5. The number of anilines is 2. The molecule has 0 bridgehead atoms. The number of likely N-dealkylation sites (tertiary alicyclic amines) is 1. The standard InChI is InChI=1S/C18H19F2N3O/c1-12-3-2-8-23(11-12)18(24)17-7-5-14(10-21-17)22-16-6-4-13(19)9-15(16)20/h4-7,9-10,12,22H,2-3,8,11H2,1H3. The van der Waals surface area contributed by atoms with Gasteiger partial charge in [-0.3, -0.25) is 4.79 Å². The Balaban J connectivity index is 1.69. The first kappa shape index (κ1) is 16.4. The van der Waals surface area contributed by atoms with Crippen LogP contribution in [0, 0.1) is 17.6 Å². The number of rotatable bonds is 3. The fourth-order valence-electron chi connectivity index (χ4n) is 2.88. The van der Waals surface area contributed by atoms with Crippen molar-refractivity contribution in [3.05, 3.63) is 53.9 Å². The zero-order chi connectivity index (χ0) is 17.1. The first-order chi connectivity index (χ1) is 11.5. The average molecular weight is 331 g/mol. The van der Waals surface area contributed by atoms with Crippen molar-refractivity contribution in [3.8, 4) is 0 Å². The van der Waals surface area contributed by atoms with Gasteiger partial charge >= 0.3 is 0 Å². The highest BCUT2D eigenvalue weighted by atomic mass is 19.1. The van der Waals surface area contributed by atoms with Gasteiger partial charge in [0, 0.05) is 19.2 Å². The van der Waals surface area contributed by atoms with E-state index in [1.807, 2.05) is 4.90 Å². The molecule has 24 heavy (non-hydrogen) atoms. The van der Waals surface area contributed by atoms with E-state index in [0.29, 0.717) is 17.3 Å². The summed E-state index contributed by atoms with van der Waals surface area (Å²) in [6.45, 7) is 3.64. The molecule has 2 aromatic rings. The van der Waals surface area contributed by atoms with Gasteiger partial charge in [-0.1, -0.05) is 6.92 Å². The number of aromatic nitrogens is 1. The summed E-state index contributed by atoms with van der Waals surface area (Å²) in [5.74, 6) is -0.892. The molecule has 0 aliphatic carbocycles. The Morgan fingerprint density at radius 1 is 1.29 bits per heavy atom. The highest BCUT2D eigenvalue weighted by molar-refractivity contribution is 5.92. The van der Waals surface area contributed by atoms with Crippen molar-refractivity contribution in [2.24, 2.45) is 5.92 Å². The quantitative estimate of drug-likeness (QED) is 0.925. The van der Waals surface area contributed by atoms with Crippen LogP contribution in [0.4, 0.5) is 20.2 Å². The Kier molecular flexibility index (Phi) is 4.74. The Labute approximate surface area is 139 Å². The second-order valence-electron chi connectivity index (χ2n) is 6.18. The number of pyridine rings is 1. The van der Waals surface area contributed by atoms with Gasteiger partial charge in [-0.05, 0) is 43.0 Å². The summed E-state index contributed by atoms with van der Waals surface area (Å²) in [5, 5.41) is 2.82. The summed E-state index contributed by atoms with van der Waals surface area (Å²) in [6.07, 6.45) is 3.63. The fourth-order valence-corrected chi connectivity index (χ4v) is 2.88. The van der Waals surface area contributed by atoms with E-state index in [4.69, 9.17) is 0 Å². The molecule has 2 heterocycles. The largest absolute Gasteiger partial charge is 0.352 e. The van der Waals surface area contributed by atoms with E-state index in [1.165, 1.54) is 18.3 Å². The topological polar surface area (TPSA) is 45.2 Å². The van der Waals surface area contributed by atoms with E-state index >= 15 is 0 Å². The van der Waals surface area contributed by atoms with E-state index < -0.39 is 11.6 Å². The minimum atomic E-state index is -0.683. The molecule has 1 unspecified atom stereocenters. The number of hydrogen-bond acceptors (Lipinski definition) is 3. The van der Waals surface area contributed by atoms with Crippen LogP contribution in [0.1, 0.15) is 30.3 Å². The second-order valence-corrected chi connectivity index (χ2v) is 6.18. The van der Waals surface area contributed by atoms with Crippen LogP contribution in [0.5, 0.6) is 0 Å². The third kappa shape index (κ3) is 3.69. The van der Waals surface area contributed by atoms with E-state index in [2.05, 4.69) is 17.2 Å². The number of nitrogens with one attached hydrogen (secondary N) is 1. The van der Waals surface area contributed by atoms with Crippen LogP contribution in [0.3, 0.4) is 0 Å². The highest BCUT2D eigenvalue weighted by Gasteiger charge is 2.22. The Morgan fingerprint density at radius 2 is 2.12 bits per heavy atom. The van der Waals surface area contributed by atoms with Gasteiger partial charge in [-0.25, -0.2) is 13.8 Å². The minimum Gasteiger partial charge on any atom is -0.352 e. The molecule has 3 rings (SSSR count). The van der Waals surface area contributed by atoms with Crippen molar-refractivity contribution < 1.29 is 13.6 Å². The first-order valence-electron chi connectivity index (χ1n) is 8.00. The Hall–Kier alpha value is -2.50. The Bertz CT molecular complexity index is 734. The molecule has 1 saturated heterocycles. The fraction of sp³-hybridized carbons (Fsp3) is 0.333. The summed E-state index contributed by atoms with van der Waals surface area (Å²) >= 11 is 0. The third-order valence-corrected chi connectivity index (χ3v) is 4.14. The first-order valence-corrected chi connectivity index (χ1v) is 8.00. The molecule has 1 atom stereocenters. The van der Waals surface area contributed by atoms with Crippen molar-refractivity contribution in [3.63, 3.8) is 0 Å². The molecule has 0 saturated carbocycles. The minimum absolute atomic E-state index is 0.0823. The van der Waals surface area contributed by atoms with Gasteiger partial charge in [-0.15, -0.1) is 0 Å². The number of hydrogen-bond donors (Lipinski definition) is 1. The van der Waals surface area contributed by atoms with E-state index in [1.54, 1.807) is 12.1 Å². The molecule has 4 nitrogen and oxygen atoms in total.